The van der Waals surface area contributed by atoms with Crippen molar-refractivity contribution >= 4 is 0 Å². The smallest absolute Gasteiger partial charge is 0.0999 e. The zero-order chi connectivity index (χ0) is 9.28. The van der Waals surface area contributed by atoms with E-state index in [9.17, 15) is 4.39 Å². The third-order valence-electron chi connectivity index (χ3n) is 1.18. The Morgan fingerprint density at radius 2 is 1.91 bits per heavy atom. The lowest BCUT2D eigenvalue weighted by atomic mass is 10.2. The van der Waals surface area contributed by atoms with E-state index in [1.807, 2.05) is 19.9 Å². The Morgan fingerprint density at radius 3 is 2.18 bits per heavy atom. The van der Waals surface area contributed by atoms with Gasteiger partial charge in [-0.05, 0) is 26.3 Å². The van der Waals surface area contributed by atoms with E-state index in [0.717, 1.165) is 5.57 Å². The molecule has 1 heteroatoms. The lowest BCUT2D eigenvalue weighted by Crippen LogP contribution is -1.70. The van der Waals surface area contributed by atoms with Gasteiger partial charge in [0.1, 0.15) is 0 Å². The van der Waals surface area contributed by atoms with Crippen LogP contribution in [0.1, 0.15) is 27.2 Å². The molecule has 0 radical (unpaired) electrons. The van der Waals surface area contributed by atoms with Crippen LogP contribution >= 0.6 is 0 Å². The highest BCUT2D eigenvalue weighted by Crippen LogP contribution is 2.05. The van der Waals surface area contributed by atoms with Crippen molar-refractivity contribution in [1.29, 1.82) is 0 Å². The molecule has 0 aliphatic carbocycles. The first-order valence-electron chi connectivity index (χ1n) is 3.69. The summed E-state index contributed by atoms with van der Waals surface area (Å²) in [5.74, 6) is -0.0504. The molecule has 0 aliphatic rings. The zero-order valence-electron chi connectivity index (χ0n) is 7.65. The maximum atomic E-state index is 12.4. The Hall–Kier alpha value is -0.850. The molecule has 0 saturated heterocycles. The highest BCUT2D eigenvalue weighted by Gasteiger charge is 1.87. The minimum atomic E-state index is -0.0504. The second-order valence-electron chi connectivity index (χ2n) is 1.98. The molecule has 0 nitrogen and oxygen atoms in total. The predicted octanol–water partition coefficient (Wildman–Crippen LogP) is 4.02. The van der Waals surface area contributed by atoms with E-state index in [0.29, 0.717) is 6.42 Å². The summed E-state index contributed by atoms with van der Waals surface area (Å²) in [7, 11) is 0. The van der Waals surface area contributed by atoms with E-state index >= 15 is 0 Å². The molecule has 0 saturated carbocycles. The molecule has 0 amide bonds. The van der Waals surface area contributed by atoms with E-state index in [1.165, 1.54) is 0 Å². The van der Waals surface area contributed by atoms with Crippen LogP contribution in [0.2, 0.25) is 0 Å². The lowest BCUT2D eigenvalue weighted by Gasteiger charge is -1.89. The summed E-state index contributed by atoms with van der Waals surface area (Å²) >= 11 is 0. The van der Waals surface area contributed by atoms with Crippen LogP contribution in [0.3, 0.4) is 0 Å². The summed E-state index contributed by atoms with van der Waals surface area (Å²) in [5.41, 5.74) is 0.981. The van der Waals surface area contributed by atoms with Gasteiger partial charge in [-0.25, -0.2) is 4.39 Å². The number of allylic oxidation sites excluding steroid dienone is 4. The Balaban J connectivity index is 0. The molecule has 11 heavy (non-hydrogen) atoms. The molecule has 0 rings (SSSR count). The van der Waals surface area contributed by atoms with Gasteiger partial charge in [0.05, 0.1) is 5.83 Å². The number of hydrogen-bond acceptors (Lipinski definition) is 0. The zero-order valence-corrected chi connectivity index (χ0v) is 7.65. The van der Waals surface area contributed by atoms with Crippen LogP contribution in [0.5, 0.6) is 0 Å². The first-order chi connectivity index (χ1) is 5.20. The van der Waals surface area contributed by atoms with Gasteiger partial charge in [0.25, 0.3) is 0 Å². The summed E-state index contributed by atoms with van der Waals surface area (Å²) in [5, 5.41) is 0. The van der Waals surface area contributed by atoms with Crippen molar-refractivity contribution in [2.45, 2.75) is 27.2 Å². The third kappa shape index (κ3) is 9.15. The topological polar surface area (TPSA) is 0 Å². The summed E-state index contributed by atoms with van der Waals surface area (Å²) in [6.45, 7) is 11.6. The van der Waals surface area contributed by atoms with Crippen LogP contribution in [0.25, 0.3) is 0 Å². The van der Waals surface area contributed by atoms with E-state index in [-0.39, 0.29) is 5.83 Å². The van der Waals surface area contributed by atoms with Crippen LogP contribution in [-0.2, 0) is 0 Å². The van der Waals surface area contributed by atoms with E-state index in [2.05, 4.69) is 13.2 Å². The summed E-state index contributed by atoms with van der Waals surface area (Å²) in [6, 6.07) is 0. The quantitative estimate of drug-likeness (QED) is 0.418. The molecule has 0 heterocycles. The van der Waals surface area contributed by atoms with Gasteiger partial charge < -0.3 is 0 Å². The molecule has 0 bridgehead atoms. The first-order valence-corrected chi connectivity index (χ1v) is 3.69. The van der Waals surface area contributed by atoms with Crippen LogP contribution in [0, 0.1) is 0 Å². The van der Waals surface area contributed by atoms with Gasteiger partial charge in [0, 0.05) is 0 Å². The van der Waals surface area contributed by atoms with Crippen LogP contribution < -0.4 is 0 Å². The monoisotopic (exact) mass is 156 g/mol. The van der Waals surface area contributed by atoms with Gasteiger partial charge in [-0.1, -0.05) is 18.6 Å². The number of rotatable bonds is 2. The van der Waals surface area contributed by atoms with E-state index < -0.39 is 0 Å². The molecule has 0 unspecified atom stereocenters. The fourth-order valence-electron chi connectivity index (χ4n) is 0.432. The summed E-state index contributed by atoms with van der Waals surface area (Å²) < 4.78 is 12.4. The van der Waals surface area contributed by atoms with Gasteiger partial charge in [-0.2, -0.15) is 0 Å². The molecule has 0 spiro atoms. The van der Waals surface area contributed by atoms with Crippen molar-refractivity contribution in [3.05, 3.63) is 36.7 Å². The molecular weight excluding hydrogens is 139 g/mol. The Morgan fingerprint density at radius 1 is 1.45 bits per heavy atom. The fourth-order valence-corrected chi connectivity index (χ4v) is 0.432. The highest BCUT2D eigenvalue weighted by atomic mass is 19.1. The van der Waals surface area contributed by atoms with E-state index in [4.69, 9.17) is 0 Å². The molecule has 0 fully saturated rings. The van der Waals surface area contributed by atoms with Crippen LogP contribution in [0.15, 0.2) is 36.7 Å². The van der Waals surface area contributed by atoms with Crippen molar-refractivity contribution in [2.24, 2.45) is 0 Å². The first kappa shape index (κ1) is 12.8. The maximum absolute atomic E-state index is 12.4. The van der Waals surface area contributed by atoms with Gasteiger partial charge >= 0.3 is 0 Å². The molecule has 0 atom stereocenters. The Kier molecular flexibility index (Phi) is 10.6. The average Bonchev–Trinajstić information content (AvgIpc) is 2.07. The van der Waals surface area contributed by atoms with Gasteiger partial charge in [-0.15, -0.1) is 13.2 Å². The third-order valence-corrected chi connectivity index (χ3v) is 1.18. The normalized spacial score (nSPS) is 12.0. The van der Waals surface area contributed by atoms with E-state index in [1.54, 1.807) is 13.0 Å². The molecule has 0 aliphatic heterocycles. The molecule has 0 aromatic carbocycles. The molecular formula is C10H17F. The molecule has 0 aromatic rings. The SMILES string of the molecule is C/C=C(C)\C=C(\F)CC.C=C. The molecule has 64 valence electrons. The summed E-state index contributed by atoms with van der Waals surface area (Å²) in [6.07, 6.45) is 3.93. The second-order valence-corrected chi connectivity index (χ2v) is 1.98. The lowest BCUT2D eigenvalue weighted by molar-refractivity contribution is 0.603. The standard InChI is InChI=1S/C8H13F.C2H4/c1-4-7(3)6-8(9)5-2;1-2/h4,6H,5H2,1-3H3;1-2H2/b7-4-,8-6+;. The highest BCUT2D eigenvalue weighted by molar-refractivity contribution is 5.17. The minimum absolute atomic E-state index is 0.0504. The van der Waals surface area contributed by atoms with Gasteiger partial charge in [0.2, 0.25) is 0 Å². The number of halogens is 1. The van der Waals surface area contributed by atoms with Crippen LogP contribution in [0.4, 0.5) is 4.39 Å². The predicted molar refractivity (Wildman–Crippen MR) is 50.2 cm³/mol. The van der Waals surface area contributed by atoms with Crippen molar-refractivity contribution in [1.82, 2.24) is 0 Å². The largest absolute Gasteiger partial charge is 0.212 e. The van der Waals surface area contributed by atoms with Crippen molar-refractivity contribution < 1.29 is 4.39 Å². The fraction of sp³-hybridized carbons (Fsp3) is 0.400. The minimum Gasteiger partial charge on any atom is -0.212 e. The Bertz CT molecular complexity index is 143. The van der Waals surface area contributed by atoms with Gasteiger partial charge in [0.15, 0.2) is 0 Å². The Labute approximate surface area is 69.1 Å². The second kappa shape index (κ2) is 9.15. The maximum Gasteiger partial charge on any atom is 0.0999 e. The van der Waals surface area contributed by atoms with Crippen molar-refractivity contribution in [2.75, 3.05) is 0 Å². The average molecular weight is 156 g/mol. The van der Waals surface area contributed by atoms with Gasteiger partial charge in [-0.3, -0.25) is 0 Å². The number of hydrogen-bond donors (Lipinski definition) is 0. The van der Waals surface area contributed by atoms with Crippen LogP contribution in [-0.4, -0.2) is 0 Å². The summed E-state index contributed by atoms with van der Waals surface area (Å²) in [4.78, 5) is 0. The molecule has 0 N–H and O–H groups in total. The van der Waals surface area contributed by atoms with Crippen molar-refractivity contribution in [3.8, 4) is 0 Å². The van der Waals surface area contributed by atoms with Crippen molar-refractivity contribution in [3.63, 3.8) is 0 Å². The molecule has 0 aromatic heterocycles.